The van der Waals surface area contributed by atoms with Crippen molar-refractivity contribution in [2.45, 2.75) is 0 Å². The van der Waals surface area contributed by atoms with E-state index in [1.165, 1.54) is 24.3 Å². The molecule has 56 valence electrons. The van der Waals surface area contributed by atoms with Gasteiger partial charge >= 0.3 is 0 Å². The van der Waals surface area contributed by atoms with Crippen molar-refractivity contribution in [3.8, 4) is 0 Å². The predicted octanol–water partition coefficient (Wildman–Crippen LogP) is 2.87. The smallest absolute Gasteiger partial charge is 0.123 e. The number of nitrogens with zero attached hydrogens (tertiary/aromatic N) is 1. The first-order valence-electron chi connectivity index (χ1n) is 3.03. The Morgan fingerprint density at radius 1 is 1.55 bits per heavy atom. The third-order valence-corrected chi connectivity index (χ3v) is 1.31. The highest BCUT2D eigenvalue weighted by molar-refractivity contribution is 5.62. The van der Waals surface area contributed by atoms with Crippen molar-refractivity contribution < 1.29 is 4.39 Å². The van der Waals surface area contributed by atoms with Gasteiger partial charge in [-0.05, 0) is 23.4 Å². The van der Waals surface area contributed by atoms with Crippen LogP contribution in [0.4, 0.5) is 10.1 Å². The van der Waals surface area contributed by atoms with Gasteiger partial charge in [0.05, 0.1) is 0 Å². The maximum Gasteiger partial charge on any atom is 0.123 e. The molecule has 0 aliphatic carbocycles. The van der Waals surface area contributed by atoms with Gasteiger partial charge in [-0.1, -0.05) is 12.7 Å². The second kappa shape index (κ2) is 3.05. The van der Waals surface area contributed by atoms with Crippen LogP contribution in [0.15, 0.2) is 30.0 Å². The lowest BCUT2D eigenvalue weighted by molar-refractivity contribution is 0.627. The first-order valence-corrected chi connectivity index (χ1v) is 3.03. The Morgan fingerprint density at radius 2 is 2.27 bits per heavy atom. The van der Waals surface area contributed by atoms with Gasteiger partial charge in [0.2, 0.25) is 0 Å². The zero-order valence-electron chi connectivity index (χ0n) is 5.75. The summed E-state index contributed by atoms with van der Waals surface area (Å²) < 4.78 is 12.5. The number of rotatable bonds is 2. The number of nitroso groups, excluding NO2 is 1. The molecule has 0 saturated carbocycles. The van der Waals surface area contributed by atoms with Gasteiger partial charge in [-0.2, -0.15) is 0 Å². The Morgan fingerprint density at radius 3 is 2.82 bits per heavy atom. The molecular formula is C8H6FNO. The molecule has 11 heavy (non-hydrogen) atoms. The second-order valence-electron chi connectivity index (χ2n) is 2.00. The quantitative estimate of drug-likeness (QED) is 0.597. The van der Waals surface area contributed by atoms with Crippen LogP contribution in [0.1, 0.15) is 5.56 Å². The van der Waals surface area contributed by atoms with Crippen molar-refractivity contribution in [3.63, 3.8) is 0 Å². The van der Waals surface area contributed by atoms with E-state index in [0.717, 1.165) is 0 Å². The minimum absolute atomic E-state index is 0.210. The Bertz CT molecular complexity index is 296. The second-order valence-corrected chi connectivity index (χ2v) is 2.00. The Kier molecular flexibility index (Phi) is 2.11. The maximum absolute atomic E-state index is 12.5. The van der Waals surface area contributed by atoms with Crippen LogP contribution >= 0.6 is 0 Å². The third-order valence-electron chi connectivity index (χ3n) is 1.31. The van der Waals surface area contributed by atoms with E-state index >= 15 is 0 Å². The highest BCUT2D eigenvalue weighted by Gasteiger charge is 1.99. The SMILES string of the molecule is C=Cc1cc(F)ccc1N=O. The van der Waals surface area contributed by atoms with E-state index in [1.54, 1.807) is 0 Å². The summed E-state index contributed by atoms with van der Waals surface area (Å²) in [4.78, 5) is 10.1. The zero-order chi connectivity index (χ0) is 8.27. The highest BCUT2D eigenvalue weighted by atomic mass is 19.1. The summed E-state index contributed by atoms with van der Waals surface area (Å²) in [7, 11) is 0. The summed E-state index contributed by atoms with van der Waals surface area (Å²) in [5.41, 5.74) is 0.626. The summed E-state index contributed by atoms with van der Waals surface area (Å²) in [6.07, 6.45) is 1.39. The number of hydrogen-bond acceptors (Lipinski definition) is 2. The molecule has 0 heterocycles. The van der Waals surface area contributed by atoms with Crippen LogP contribution in [0, 0.1) is 10.7 Å². The first-order chi connectivity index (χ1) is 5.27. The van der Waals surface area contributed by atoms with E-state index in [1.807, 2.05) is 0 Å². The van der Waals surface area contributed by atoms with E-state index in [9.17, 15) is 9.30 Å². The summed E-state index contributed by atoms with van der Waals surface area (Å²) >= 11 is 0. The molecule has 0 aromatic heterocycles. The molecule has 3 heteroatoms. The van der Waals surface area contributed by atoms with Crippen molar-refractivity contribution in [1.29, 1.82) is 0 Å². The van der Waals surface area contributed by atoms with Crippen LogP contribution in [0.3, 0.4) is 0 Å². The maximum atomic E-state index is 12.5. The highest BCUT2D eigenvalue weighted by Crippen LogP contribution is 2.20. The Hall–Kier alpha value is -1.51. The molecular weight excluding hydrogens is 145 g/mol. The lowest BCUT2D eigenvalue weighted by Gasteiger charge is -1.95. The van der Waals surface area contributed by atoms with Gasteiger partial charge in [0.25, 0.3) is 0 Å². The van der Waals surface area contributed by atoms with Crippen molar-refractivity contribution in [1.82, 2.24) is 0 Å². The van der Waals surface area contributed by atoms with Gasteiger partial charge in [-0.15, -0.1) is 4.91 Å². The minimum atomic E-state index is -0.396. The summed E-state index contributed by atoms with van der Waals surface area (Å²) in [6, 6.07) is 3.72. The van der Waals surface area contributed by atoms with E-state index in [2.05, 4.69) is 11.8 Å². The summed E-state index contributed by atoms with van der Waals surface area (Å²) in [5, 5.41) is 2.69. The van der Waals surface area contributed by atoms with Crippen LogP contribution in [-0.2, 0) is 0 Å². The molecule has 0 aliphatic heterocycles. The van der Waals surface area contributed by atoms with Crippen LogP contribution in [0.5, 0.6) is 0 Å². The van der Waals surface area contributed by atoms with Gasteiger partial charge in [-0.3, -0.25) is 0 Å². The van der Waals surface area contributed by atoms with E-state index in [4.69, 9.17) is 0 Å². The van der Waals surface area contributed by atoms with E-state index < -0.39 is 5.82 Å². The van der Waals surface area contributed by atoms with Crippen LogP contribution in [-0.4, -0.2) is 0 Å². The van der Waals surface area contributed by atoms with Crippen molar-refractivity contribution >= 4 is 11.8 Å². The molecule has 0 unspecified atom stereocenters. The molecule has 0 saturated heterocycles. The van der Waals surface area contributed by atoms with Gasteiger partial charge < -0.3 is 0 Å². The molecule has 0 amide bonds. The molecule has 1 rings (SSSR count). The van der Waals surface area contributed by atoms with Crippen LogP contribution < -0.4 is 0 Å². The van der Waals surface area contributed by atoms with E-state index in [0.29, 0.717) is 5.56 Å². The van der Waals surface area contributed by atoms with Crippen LogP contribution in [0.25, 0.3) is 6.08 Å². The largest absolute Gasteiger partial charge is 0.207 e. The first kappa shape index (κ1) is 7.60. The van der Waals surface area contributed by atoms with Crippen molar-refractivity contribution in [2.24, 2.45) is 5.18 Å². The van der Waals surface area contributed by atoms with Gasteiger partial charge in [0.15, 0.2) is 0 Å². The molecule has 0 radical (unpaired) electrons. The third kappa shape index (κ3) is 1.49. The monoisotopic (exact) mass is 151 g/mol. The topological polar surface area (TPSA) is 29.4 Å². The number of hydrogen-bond donors (Lipinski definition) is 0. The molecule has 0 N–H and O–H groups in total. The number of halogens is 1. The fourth-order valence-electron chi connectivity index (χ4n) is 0.772. The van der Waals surface area contributed by atoms with Gasteiger partial charge in [-0.25, -0.2) is 4.39 Å². The lowest BCUT2D eigenvalue weighted by Crippen LogP contribution is -1.76. The number of benzene rings is 1. The van der Waals surface area contributed by atoms with Gasteiger partial charge in [0.1, 0.15) is 11.5 Å². The van der Waals surface area contributed by atoms with Crippen molar-refractivity contribution in [2.75, 3.05) is 0 Å². The van der Waals surface area contributed by atoms with Gasteiger partial charge in [0, 0.05) is 5.56 Å². The average molecular weight is 151 g/mol. The Balaban J connectivity index is 3.26. The summed E-state index contributed by atoms with van der Waals surface area (Å²) in [6.45, 7) is 3.42. The van der Waals surface area contributed by atoms with Crippen molar-refractivity contribution in [3.05, 3.63) is 41.1 Å². The molecule has 0 aliphatic rings. The van der Waals surface area contributed by atoms with E-state index in [-0.39, 0.29) is 5.69 Å². The predicted molar refractivity (Wildman–Crippen MR) is 41.9 cm³/mol. The zero-order valence-corrected chi connectivity index (χ0v) is 5.75. The molecule has 0 fully saturated rings. The lowest BCUT2D eigenvalue weighted by atomic mass is 10.2. The normalized spacial score (nSPS) is 9.18. The minimum Gasteiger partial charge on any atom is -0.207 e. The fraction of sp³-hybridized carbons (Fsp3) is 0. The molecule has 0 spiro atoms. The molecule has 0 atom stereocenters. The fourth-order valence-corrected chi connectivity index (χ4v) is 0.772. The molecule has 1 aromatic rings. The standard InChI is InChI=1S/C8H6FNO/c1-2-6-5-7(9)3-4-8(6)10-11/h2-5H,1H2. The summed E-state index contributed by atoms with van der Waals surface area (Å²) in [5.74, 6) is -0.396. The molecule has 1 aromatic carbocycles. The molecule has 0 bridgehead atoms. The average Bonchev–Trinajstić information content (AvgIpc) is 2.04. The Labute approximate surface area is 63.3 Å². The van der Waals surface area contributed by atoms with Crippen LogP contribution in [0.2, 0.25) is 0 Å². The molecule has 2 nitrogen and oxygen atoms in total.